The third kappa shape index (κ3) is 1.91. The summed E-state index contributed by atoms with van der Waals surface area (Å²) >= 11 is 0. The zero-order valence-electron chi connectivity index (χ0n) is 8.49. The molecule has 0 spiro atoms. The summed E-state index contributed by atoms with van der Waals surface area (Å²) in [6.45, 7) is 4.19. The van der Waals surface area contributed by atoms with Gasteiger partial charge in [-0.1, -0.05) is 6.92 Å². The maximum Gasteiger partial charge on any atom is 0.154 e. The Bertz CT molecular complexity index is 344. The Morgan fingerprint density at radius 2 is 2.21 bits per heavy atom. The lowest BCUT2D eigenvalue weighted by atomic mass is 10.1. The Morgan fingerprint density at radius 1 is 1.57 bits per heavy atom. The minimum atomic E-state index is -3.08. The number of sulfone groups is 1. The summed E-state index contributed by atoms with van der Waals surface area (Å²) in [6.07, 6.45) is 0.430. The molecule has 5 heteroatoms. The SMILES string of the molecule is CCOC[C@]1(C#N)C[C@H]1S(=O)(=O)CC. The van der Waals surface area contributed by atoms with Gasteiger partial charge in [-0.25, -0.2) is 8.42 Å². The van der Waals surface area contributed by atoms with Crippen LogP contribution in [0.25, 0.3) is 0 Å². The van der Waals surface area contributed by atoms with E-state index in [1.54, 1.807) is 6.92 Å². The van der Waals surface area contributed by atoms with Crippen LogP contribution in [0.5, 0.6) is 0 Å². The van der Waals surface area contributed by atoms with Crippen molar-refractivity contribution in [2.75, 3.05) is 19.0 Å². The van der Waals surface area contributed by atoms with Gasteiger partial charge in [0.05, 0.1) is 23.3 Å². The molecule has 0 unspecified atom stereocenters. The van der Waals surface area contributed by atoms with Crippen LogP contribution >= 0.6 is 0 Å². The second-order valence-electron chi connectivity index (χ2n) is 3.55. The Balaban J connectivity index is 2.69. The Morgan fingerprint density at radius 3 is 2.64 bits per heavy atom. The summed E-state index contributed by atoms with van der Waals surface area (Å²) in [4.78, 5) is 0. The highest BCUT2D eigenvalue weighted by molar-refractivity contribution is 7.92. The third-order valence-corrected chi connectivity index (χ3v) is 4.92. The molecule has 1 aliphatic carbocycles. The molecular formula is C9H15NO3S. The number of rotatable bonds is 5. The van der Waals surface area contributed by atoms with Crippen LogP contribution in [0.3, 0.4) is 0 Å². The minimum absolute atomic E-state index is 0.104. The molecule has 1 fully saturated rings. The van der Waals surface area contributed by atoms with E-state index >= 15 is 0 Å². The zero-order chi connectivity index (χ0) is 10.8. The van der Waals surface area contributed by atoms with Gasteiger partial charge in [-0.2, -0.15) is 5.26 Å². The number of ether oxygens (including phenoxy) is 1. The molecule has 0 aliphatic heterocycles. The largest absolute Gasteiger partial charge is 0.380 e. The quantitative estimate of drug-likeness (QED) is 0.681. The van der Waals surface area contributed by atoms with E-state index in [-0.39, 0.29) is 12.4 Å². The van der Waals surface area contributed by atoms with Crippen LogP contribution in [0.2, 0.25) is 0 Å². The molecule has 1 saturated carbocycles. The first-order chi connectivity index (χ1) is 6.52. The number of nitriles is 1. The number of nitrogens with zero attached hydrogens (tertiary/aromatic N) is 1. The normalized spacial score (nSPS) is 31.1. The molecule has 0 radical (unpaired) electrons. The molecule has 2 atom stereocenters. The van der Waals surface area contributed by atoms with Gasteiger partial charge in [0.1, 0.15) is 0 Å². The van der Waals surface area contributed by atoms with Crippen molar-refractivity contribution in [3.63, 3.8) is 0 Å². The van der Waals surface area contributed by atoms with Crippen molar-refractivity contribution in [3.8, 4) is 6.07 Å². The van der Waals surface area contributed by atoms with Crippen LogP contribution in [0, 0.1) is 16.7 Å². The maximum atomic E-state index is 11.5. The van der Waals surface area contributed by atoms with E-state index in [1.807, 2.05) is 6.92 Å². The second kappa shape index (κ2) is 3.87. The van der Waals surface area contributed by atoms with E-state index in [0.29, 0.717) is 13.0 Å². The van der Waals surface area contributed by atoms with Gasteiger partial charge >= 0.3 is 0 Å². The molecule has 0 saturated heterocycles. The van der Waals surface area contributed by atoms with E-state index < -0.39 is 20.5 Å². The first kappa shape index (κ1) is 11.5. The summed E-state index contributed by atoms with van der Waals surface area (Å²) < 4.78 is 28.1. The summed E-state index contributed by atoms with van der Waals surface area (Å²) in [7, 11) is -3.08. The van der Waals surface area contributed by atoms with Crippen LogP contribution in [0.4, 0.5) is 0 Å². The van der Waals surface area contributed by atoms with Gasteiger partial charge < -0.3 is 4.74 Å². The van der Waals surface area contributed by atoms with Crippen molar-refractivity contribution in [3.05, 3.63) is 0 Å². The Kier molecular flexibility index (Phi) is 3.17. The summed E-state index contributed by atoms with van der Waals surface area (Å²) in [5.74, 6) is 0.104. The summed E-state index contributed by atoms with van der Waals surface area (Å²) in [5.41, 5.74) is -0.759. The van der Waals surface area contributed by atoms with Gasteiger partial charge in [0, 0.05) is 12.4 Å². The molecule has 0 aromatic carbocycles. The van der Waals surface area contributed by atoms with Crippen molar-refractivity contribution in [1.29, 1.82) is 5.26 Å². The highest BCUT2D eigenvalue weighted by Gasteiger charge is 2.61. The second-order valence-corrected chi connectivity index (χ2v) is 6.02. The topological polar surface area (TPSA) is 67.2 Å². The zero-order valence-corrected chi connectivity index (χ0v) is 9.30. The molecule has 1 aliphatic rings. The smallest absolute Gasteiger partial charge is 0.154 e. The van der Waals surface area contributed by atoms with Gasteiger partial charge in [-0.15, -0.1) is 0 Å². The van der Waals surface area contributed by atoms with Gasteiger partial charge in [0.2, 0.25) is 0 Å². The van der Waals surface area contributed by atoms with E-state index in [1.165, 1.54) is 0 Å². The van der Waals surface area contributed by atoms with Crippen LogP contribution in [0.1, 0.15) is 20.3 Å². The van der Waals surface area contributed by atoms with Crippen LogP contribution in [0.15, 0.2) is 0 Å². The molecule has 0 N–H and O–H groups in total. The van der Waals surface area contributed by atoms with Gasteiger partial charge in [-0.3, -0.25) is 0 Å². The number of hydrogen-bond acceptors (Lipinski definition) is 4. The average molecular weight is 217 g/mol. The van der Waals surface area contributed by atoms with Crippen LogP contribution in [-0.4, -0.2) is 32.6 Å². The molecule has 80 valence electrons. The molecule has 0 aromatic rings. The molecule has 1 rings (SSSR count). The van der Waals surface area contributed by atoms with Gasteiger partial charge in [-0.05, 0) is 13.3 Å². The van der Waals surface area contributed by atoms with Crippen molar-refractivity contribution in [2.24, 2.45) is 5.41 Å². The molecule has 0 bridgehead atoms. The highest BCUT2D eigenvalue weighted by Crippen LogP contribution is 2.50. The molecule has 4 nitrogen and oxygen atoms in total. The van der Waals surface area contributed by atoms with Gasteiger partial charge in [0.25, 0.3) is 0 Å². The summed E-state index contributed by atoms with van der Waals surface area (Å²) in [6, 6.07) is 2.07. The lowest BCUT2D eigenvalue weighted by Crippen LogP contribution is -2.20. The van der Waals surface area contributed by atoms with Crippen LogP contribution < -0.4 is 0 Å². The standard InChI is InChI=1S/C9H15NO3S/c1-3-13-7-9(6-10)5-8(9)14(11,12)4-2/h8H,3-5,7H2,1-2H3/t8-,9-/m1/s1. The van der Waals surface area contributed by atoms with Crippen molar-refractivity contribution in [2.45, 2.75) is 25.5 Å². The predicted molar refractivity (Wildman–Crippen MR) is 52.4 cm³/mol. The summed E-state index contributed by atoms with van der Waals surface area (Å²) in [5, 5.41) is 8.41. The van der Waals surface area contributed by atoms with E-state index in [4.69, 9.17) is 10.00 Å². The molecular weight excluding hydrogens is 202 g/mol. The van der Waals surface area contributed by atoms with Crippen molar-refractivity contribution in [1.82, 2.24) is 0 Å². The molecule has 0 amide bonds. The van der Waals surface area contributed by atoms with E-state index in [9.17, 15) is 8.42 Å². The first-order valence-corrected chi connectivity index (χ1v) is 6.44. The highest BCUT2D eigenvalue weighted by atomic mass is 32.2. The number of hydrogen-bond donors (Lipinski definition) is 0. The molecule has 0 heterocycles. The maximum absolute atomic E-state index is 11.5. The van der Waals surface area contributed by atoms with Crippen LogP contribution in [-0.2, 0) is 14.6 Å². The van der Waals surface area contributed by atoms with Crippen molar-refractivity contribution >= 4 is 9.84 Å². The van der Waals surface area contributed by atoms with Gasteiger partial charge in [0.15, 0.2) is 9.84 Å². The molecule has 14 heavy (non-hydrogen) atoms. The fourth-order valence-electron chi connectivity index (χ4n) is 1.53. The third-order valence-electron chi connectivity index (χ3n) is 2.63. The fourth-order valence-corrected chi connectivity index (χ4v) is 3.29. The minimum Gasteiger partial charge on any atom is -0.380 e. The monoisotopic (exact) mass is 217 g/mol. The Labute approximate surface area is 84.8 Å². The Hall–Kier alpha value is -0.600. The predicted octanol–water partition coefficient (Wildman–Crippen LogP) is 0.740. The lowest BCUT2D eigenvalue weighted by Gasteiger charge is -2.07. The fraction of sp³-hybridized carbons (Fsp3) is 0.889. The molecule has 0 aromatic heterocycles. The van der Waals surface area contributed by atoms with E-state index in [2.05, 4.69) is 6.07 Å². The first-order valence-electron chi connectivity index (χ1n) is 4.73. The lowest BCUT2D eigenvalue weighted by molar-refractivity contribution is 0.119. The van der Waals surface area contributed by atoms with Crippen molar-refractivity contribution < 1.29 is 13.2 Å². The van der Waals surface area contributed by atoms with E-state index in [0.717, 1.165) is 0 Å². The average Bonchev–Trinajstić information content (AvgIpc) is 2.91.